The number of hydrogen-bond donors (Lipinski definition) is 0. The molecule has 1 aliphatic carbocycles. The highest BCUT2D eigenvalue weighted by Crippen LogP contribution is 2.58. The molecule has 84 valence electrons. The Bertz CT molecular complexity index is 415. The van der Waals surface area contributed by atoms with Crippen LogP contribution in [0.4, 0.5) is 0 Å². The van der Waals surface area contributed by atoms with E-state index in [-0.39, 0.29) is 11.5 Å². The Kier molecular flexibility index (Phi) is 2.63. The van der Waals surface area contributed by atoms with Crippen LogP contribution in [0.5, 0.6) is 5.75 Å². The summed E-state index contributed by atoms with van der Waals surface area (Å²) in [5.74, 6) is 1.31. The van der Waals surface area contributed by atoms with Crippen molar-refractivity contribution in [2.24, 2.45) is 5.41 Å². The fourth-order valence-corrected chi connectivity index (χ4v) is 2.03. The van der Waals surface area contributed by atoms with Crippen molar-refractivity contribution in [3.8, 4) is 11.8 Å². The molecule has 0 saturated heterocycles. The molecule has 2 atom stereocenters. The van der Waals surface area contributed by atoms with Crippen LogP contribution in [-0.2, 0) is 0 Å². The van der Waals surface area contributed by atoms with Crippen LogP contribution in [0.15, 0.2) is 24.3 Å². The average Bonchev–Trinajstić information content (AvgIpc) is 2.92. The molecule has 0 radical (unpaired) electrons. The van der Waals surface area contributed by atoms with Gasteiger partial charge in [-0.05, 0) is 44.9 Å². The molecule has 0 aliphatic heterocycles. The molecule has 0 bridgehead atoms. The van der Waals surface area contributed by atoms with Crippen molar-refractivity contribution in [1.29, 1.82) is 5.26 Å². The van der Waals surface area contributed by atoms with Crippen molar-refractivity contribution in [1.82, 2.24) is 0 Å². The van der Waals surface area contributed by atoms with E-state index in [1.807, 2.05) is 32.9 Å². The van der Waals surface area contributed by atoms with Crippen molar-refractivity contribution < 1.29 is 4.74 Å². The monoisotopic (exact) mass is 215 g/mol. The van der Waals surface area contributed by atoms with Crippen LogP contribution >= 0.6 is 0 Å². The molecule has 2 rings (SSSR count). The zero-order valence-corrected chi connectivity index (χ0v) is 10.0. The Morgan fingerprint density at radius 2 is 2.00 bits per heavy atom. The van der Waals surface area contributed by atoms with Crippen LogP contribution in [0.25, 0.3) is 0 Å². The lowest BCUT2D eigenvalue weighted by atomic mass is 10.0. The van der Waals surface area contributed by atoms with E-state index >= 15 is 0 Å². The lowest BCUT2D eigenvalue weighted by Crippen LogP contribution is -2.05. The molecule has 0 heterocycles. The SMILES string of the molecule is CC(C)Oc1ccc(C2CC2(C)C#N)cc1. The van der Waals surface area contributed by atoms with Crippen LogP contribution < -0.4 is 4.74 Å². The summed E-state index contributed by atoms with van der Waals surface area (Å²) < 4.78 is 5.58. The number of hydrogen-bond acceptors (Lipinski definition) is 2. The summed E-state index contributed by atoms with van der Waals surface area (Å²) in [7, 11) is 0. The summed E-state index contributed by atoms with van der Waals surface area (Å²) in [6, 6.07) is 10.5. The van der Waals surface area contributed by atoms with Gasteiger partial charge >= 0.3 is 0 Å². The number of ether oxygens (including phenoxy) is 1. The van der Waals surface area contributed by atoms with Gasteiger partial charge in [0.25, 0.3) is 0 Å². The number of benzene rings is 1. The highest BCUT2D eigenvalue weighted by Gasteiger charge is 2.51. The molecule has 1 aliphatic rings. The first-order chi connectivity index (χ1) is 7.55. The van der Waals surface area contributed by atoms with Gasteiger partial charge in [-0.2, -0.15) is 5.26 Å². The molecule has 1 aromatic carbocycles. The van der Waals surface area contributed by atoms with Crippen molar-refractivity contribution in [2.45, 2.75) is 39.2 Å². The zero-order valence-electron chi connectivity index (χ0n) is 10.0. The van der Waals surface area contributed by atoms with E-state index in [1.54, 1.807) is 0 Å². The van der Waals surface area contributed by atoms with Crippen molar-refractivity contribution >= 4 is 0 Å². The maximum Gasteiger partial charge on any atom is 0.119 e. The molecular weight excluding hydrogens is 198 g/mol. The number of rotatable bonds is 3. The van der Waals surface area contributed by atoms with Crippen molar-refractivity contribution in [2.75, 3.05) is 0 Å². The third-order valence-electron chi connectivity index (χ3n) is 3.15. The summed E-state index contributed by atoms with van der Waals surface area (Å²) >= 11 is 0. The third kappa shape index (κ3) is 2.04. The Morgan fingerprint density at radius 1 is 1.38 bits per heavy atom. The van der Waals surface area contributed by atoms with E-state index in [2.05, 4.69) is 18.2 Å². The first-order valence-electron chi connectivity index (χ1n) is 5.73. The molecule has 0 N–H and O–H groups in total. The van der Waals surface area contributed by atoms with Gasteiger partial charge in [0.2, 0.25) is 0 Å². The lowest BCUT2D eigenvalue weighted by Gasteiger charge is -2.10. The molecule has 0 amide bonds. The van der Waals surface area contributed by atoms with Crippen LogP contribution in [0.1, 0.15) is 38.7 Å². The second-order valence-electron chi connectivity index (χ2n) is 5.02. The molecule has 1 fully saturated rings. The summed E-state index contributed by atoms with van der Waals surface area (Å²) in [4.78, 5) is 0. The highest BCUT2D eigenvalue weighted by atomic mass is 16.5. The van der Waals surface area contributed by atoms with Crippen molar-refractivity contribution in [3.63, 3.8) is 0 Å². The zero-order chi connectivity index (χ0) is 11.8. The number of nitriles is 1. The molecule has 1 saturated carbocycles. The van der Waals surface area contributed by atoms with E-state index in [0.29, 0.717) is 5.92 Å². The quantitative estimate of drug-likeness (QED) is 0.773. The summed E-state index contributed by atoms with van der Waals surface area (Å²) in [5.41, 5.74) is 1.11. The Labute approximate surface area is 96.9 Å². The topological polar surface area (TPSA) is 33.0 Å². The van der Waals surface area contributed by atoms with E-state index in [4.69, 9.17) is 10.00 Å². The lowest BCUT2D eigenvalue weighted by molar-refractivity contribution is 0.242. The van der Waals surface area contributed by atoms with Gasteiger partial charge in [0.1, 0.15) is 5.75 Å². The minimum absolute atomic E-state index is 0.138. The van der Waals surface area contributed by atoms with Gasteiger partial charge in [-0.25, -0.2) is 0 Å². The van der Waals surface area contributed by atoms with Gasteiger partial charge in [0.15, 0.2) is 0 Å². The van der Waals surface area contributed by atoms with Gasteiger partial charge in [-0.15, -0.1) is 0 Å². The van der Waals surface area contributed by atoms with E-state index in [1.165, 1.54) is 5.56 Å². The third-order valence-corrected chi connectivity index (χ3v) is 3.15. The van der Waals surface area contributed by atoms with E-state index in [9.17, 15) is 0 Å². The molecule has 0 aromatic heterocycles. The van der Waals surface area contributed by atoms with Gasteiger partial charge in [0.05, 0.1) is 17.6 Å². The maximum atomic E-state index is 9.00. The Hall–Kier alpha value is -1.49. The van der Waals surface area contributed by atoms with E-state index < -0.39 is 0 Å². The molecule has 2 nitrogen and oxygen atoms in total. The van der Waals surface area contributed by atoms with E-state index in [0.717, 1.165) is 12.2 Å². The van der Waals surface area contributed by atoms with Gasteiger partial charge in [-0.3, -0.25) is 0 Å². The van der Waals surface area contributed by atoms with Crippen LogP contribution in [-0.4, -0.2) is 6.10 Å². The minimum Gasteiger partial charge on any atom is -0.491 e. The predicted molar refractivity (Wildman–Crippen MR) is 63.3 cm³/mol. The predicted octanol–water partition coefficient (Wildman–Crippen LogP) is 3.49. The van der Waals surface area contributed by atoms with Gasteiger partial charge < -0.3 is 4.74 Å². The summed E-state index contributed by atoms with van der Waals surface area (Å²) in [5, 5.41) is 9.00. The summed E-state index contributed by atoms with van der Waals surface area (Å²) in [6.07, 6.45) is 1.18. The van der Waals surface area contributed by atoms with Gasteiger partial charge in [0, 0.05) is 5.92 Å². The Balaban J connectivity index is 2.07. The fourth-order valence-electron chi connectivity index (χ4n) is 2.03. The van der Waals surface area contributed by atoms with Gasteiger partial charge in [-0.1, -0.05) is 12.1 Å². The first-order valence-corrected chi connectivity index (χ1v) is 5.73. The van der Waals surface area contributed by atoms with Crippen molar-refractivity contribution in [3.05, 3.63) is 29.8 Å². The van der Waals surface area contributed by atoms with Crippen LogP contribution in [0.3, 0.4) is 0 Å². The molecule has 0 spiro atoms. The first kappa shape index (κ1) is 11.0. The van der Waals surface area contributed by atoms with Crippen LogP contribution in [0.2, 0.25) is 0 Å². The fraction of sp³-hybridized carbons (Fsp3) is 0.500. The largest absolute Gasteiger partial charge is 0.491 e. The molecule has 2 heteroatoms. The maximum absolute atomic E-state index is 9.00. The second-order valence-corrected chi connectivity index (χ2v) is 5.02. The standard InChI is InChI=1S/C14H17NO/c1-10(2)16-12-6-4-11(5-7-12)13-8-14(13,3)9-15/h4-7,10,13H,8H2,1-3H3. The normalized spacial score (nSPS) is 27.6. The molecular formula is C14H17NO. The molecule has 2 unspecified atom stereocenters. The summed E-state index contributed by atoms with van der Waals surface area (Å²) in [6.45, 7) is 6.05. The second kappa shape index (κ2) is 3.83. The average molecular weight is 215 g/mol. The highest BCUT2D eigenvalue weighted by molar-refractivity contribution is 5.37. The molecule has 1 aromatic rings. The smallest absolute Gasteiger partial charge is 0.119 e. The Morgan fingerprint density at radius 3 is 2.44 bits per heavy atom. The molecule has 16 heavy (non-hydrogen) atoms. The van der Waals surface area contributed by atoms with Crippen LogP contribution in [0, 0.1) is 16.7 Å². The minimum atomic E-state index is -0.138. The number of nitrogens with zero attached hydrogens (tertiary/aromatic N) is 1.